The highest BCUT2D eigenvalue weighted by Gasteiger charge is 2.29. The van der Waals surface area contributed by atoms with E-state index >= 15 is 0 Å². The lowest BCUT2D eigenvalue weighted by atomic mass is 10.0. The molecule has 0 N–H and O–H groups in total. The summed E-state index contributed by atoms with van der Waals surface area (Å²) in [5.74, 6) is 0.0360. The molecule has 0 bridgehead atoms. The molecule has 4 nitrogen and oxygen atoms in total. The first-order chi connectivity index (χ1) is 9.50. The first-order valence-corrected chi connectivity index (χ1v) is 6.60. The van der Waals surface area contributed by atoms with Gasteiger partial charge in [-0.3, -0.25) is 9.48 Å². The van der Waals surface area contributed by atoms with Gasteiger partial charge in [0.05, 0.1) is 11.4 Å². The number of benzene rings is 1. The van der Waals surface area contributed by atoms with Crippen molar-refractivity contribution in [1.82, 2.24) is 9.78 Å². The van der Waals surface area contributed by atoms with E-state index in [0.717, 1.165) is 33.8 Å². The van der Waals surface area contributed by atoms with Crippen LogP contribution in [0.3, 0.4) is 0 Å². The maximum atomic E-state index is 12.4. The number of rotatable bonds is 1. The van der Waals surface area contributed by atoms with Gasteiger partial charge in [0.1, 0.15) is 0 Å². The van der Waals surface area contributed by atoms with E-state index in [-0.39, 0.29) is 5.91 Å². The highest BCUT2D eigenvalue weighted by atomic mass is 16.2. The molecule has 1 aliphatic rings. The summed E-state index contributed by atoms with van der Waals surface area (Å²) in [4.78, 5) is 14.1. The van der Waals surface area contributed by atoms with Gasteiger partial charge in [-0.2, -0.15) is 5.10 Å². The molecular weight excluding hydrogens is 250 g/mol. The summed E-state index contributed by atoms with van der Waals surface area (Å²) in [6.45, 7) is 3.98. The first kappa shape index (κ1) is 12.7. The Hall–Kier alpha value is -2.36. The number of para-hydroxylation sites is 1. The van der Waals surface area contributed by atoms with Gasteiger partial charge in [0, 0.05) is 36.5 Å². The van der Waals surface area contributed by atoms with Gasteiger partial charge in [-0.05, 0) is 26.0 Å². The Kier molecular flexibility index (Phi) is 2.74. The van der Waals surface area contributed by atoms with Crippen LogP contribution in [0.25, 0.3) is 11.6 Å². The summed E-state index contributed by atoms with van der Waals surface area (Å²) < 4.78 is 1.84. The Morgan fingerprint density at radius 2 is 1.85 bits per heavy atom. The Bertz CT molecular complexity index is 740. The van der Waals surface area contributed by atoms with Gasteiger partial charge < -0.3 is 4.90 Å². The van der Waals surface area contributed by atoms with Crippen molar-refractivity contribution in [3.8, 4) is 0 Å². The molecule has 0 unspecified atom stereocenters. The summed E-state index contributed by atoms with van der Waals surface area (Å²) in [6.07, 6.45) is 1.96. The summed E-state index contributed by atoms with van der Waals surface area (Å²) in [6, 6.07) is 7.87. The average Bonchev–Trinajstić information content (AvgIpc) is 2.82. The number of amides is 1. The third kappa shape index (κ3) is 1.68. The molecule has 0 aliphatic carbocycles. The van der Waals surface area contributed by atoms with E-state index in [1.165, 1.54) is 0 Å². The molecule has 3 rings (SSSR count). The van der Waals surface area contributed by atoms with E-state index < -0.39 is 0 Å². The number of aromatic nitrogens is 2. The van der Waals surface area contributed by atoms with Crippen LogP contribution in [-0.2, 0) is 11.8 Å². The second kappa shape index (κ2) is 4.34. The molecule has 20 heavy (non-hydrogen) atoms. The molecule has 0 saturated heterocycles. The Morgan fingerprint density at radius 1 is 1.15 bits per heavy atom. The van der Waals surface area contributed by atoms with E-state index in [4.69, 9.17) is 0 Å². The minimum Gasteiger partial charge on any atom is -0.311 e. The van der Waals surface area contributed by atoms with Gasteiger partial charge in [0.15, 0.2) is 0 Å². The molecule has 0 fully saturated rings. The molecule has 0 spiro atoms. The zero-order valence-electron chi connectivity index (χ0n) is 12.1. The third-order valence-corrected chi connectivity index (χ3v) is 3.94. The number of anilines is 1. The van der Waals surface area contributed by atoms with Crippen LogP contribution in [0.15, 0.2) is 24.3 Å². The summed E-state index contributed by atoms with van der Waals surface area (Å²) in [5, 5.41) is 4.40. The normalized spacial score (nSPS) is 16.1. The lowest BCUT2D eigenvalue weighted by Crippen LogP contribution is -2.20. The fourth-order valence-corrected chi connectivity index (χ4v) is 2.68. The number of likely N-dealkylation sites (N-methyl/N-ethyl adjacent to an activating group) is 1. The molecule has 0 saturated carbocycles. The summed E-state index contributed by atoms with van der Waals surface area (Å²) >= 11 is 0. The molecule has 1 aromatic carbocycles. The van der Waals surface area contributed by atoms with Crippen molar-refractivity contribution >= 4 is 23.2 Å². The van der Waals surface area contributed by atoms with Crippen LogP contribution >= 0.6 is 0 Å². The zero-order valence-corrected chi connectivity index (χ0v) is 12.1. The van der Waals surface area contributed by atoms with Gasteiger partial charge >= 0.3 is 0 Å². The molecule has 102 valence electrons. The second-order valence-corrected chi connectivity index (χ2v) is 5.15. The minimum atomic E-state index is 0.0360. The van der Waals surface area contributed by atoms with Gasteiger partial charge in [-0.15, -0.1) is 0 Å². The van der Waals surface area contributed by atoms with Gasteiger partial charge in [-0.25, -0.2) is 0 Å². The van der Waals surface area contributed by atoms with Crippen LogP contribution < -0.4 is 4.90 Å². The lowest BCUT2D eigenvalue weighted by molar-refractivity contribution is -0.112. The molecule has 1 aromatic heterocycles. The smallest absolute Gasteiger partial charge is 0.258 e. The number of aryl methyl sites for hydroxylation is 2. The van der Waals surface area contributed by atoms with Crippen LogP contribution in [0.1, 0.15) is 22.5 Å². The number of nitrogens with zero attached hydrogens (tertiary/aromatic N) is 3. The van der Waals surface area contributed by atoms with Crippen molar-refractivity contribution in [2.24, 2.45) is 7.05 Å². The van der Waals surface area contributed by atoms with Crippen LogP contribution in [-0.4, -0.2) is 22.7 Å². The zero-order chi connectivity index (χ0) is 14.4. The number of hydrogen-bond donors (Lipinski definition) is 0. The fraction of sp³-hybridized carbons (Fsp3) is 0.250. The number of carbonyl (C=O) groups is 1. The maximum Gasteiger partial charge on any atom is 0.258 e. The number of carbonyl (C=O) groups excluding carboxylic acids is 1. The van der Waals surface area contributed by atoms with E-state index in [2.05, 4.69) is 5.10 Å². The van der Waals surface area contributed by atoms with E-state index in [0.29, 0.717) is 0 Å². The highest BCUT2D eigenvalue weighted by molar-refractivity contribution is 6.35. The molecule has 4 heteroatoms. The molecule has 0 atom stereocenters. The van der Waals surface area contributed by atoms with Crippen molar-refractivity contribution in [1.29, 1.82) is 0 Å². The molecule has 0 radical (unpaired) electrons. The Labute approximate surface area is 118 Å². The average molecular weight is 267 g/mol. The van der Waals surface area contributed by atoms with Crippen LogP contribution in [0.2, 0.25) is 0 Å². The van der Waals surface area contributed by atoms with E-state index in [1.54, 1.807) is 4.90 Å². The first-order valence-electron chi connectivity index (χ1n) is 6.60. The standard InChI is InChI=1S/C16H17N3O/c1-10-13(11(2)19(4)17-10)9-14-12-7-5-6-8-15(12)18(3)16(14)20/h5-9H,1-4H3/b14-9-. The fourth-order valence-electron chi connectivity index (χ4n) is 2.68. The van der Waals surface area contributed by atoms with Gasteiger partial charge in [-0.1, -0.05) is 18.2 Å². The maximum absolute atomic E-state index is 12.4. The molecule has 2 aromatic rings. The predicted octanol–water partition coefficient (Wildman–Crippen LogP) is 2.55. The molecule has 1 amide bonds. The predicted molar refractivity (Wildman–Crippen MR) is 80.4 cm³/mol. The lowest BCUT2D eigenvalue weighted by Gasteiger charge is -2.07. The van der Waals surface area contributed by atoms with Gasteiger partial charge in [0.2, 0.25) is 0 Å². The van der Waals surface area contributed by atoms with Crippen molar-refractivity contribution < 1.29 is 4.79 Å². The number of hydrogen-bond acceptors (Lipinski definition) is 2. The third-order valence-electron chi connectivity index (χ3n) is 3.94. The summed E-state index contributed by atoms with van der Waals surface area (Å²) in [7, 11) is 3.73. The highest BCUT2D eigenvalue weighted by Crippen LogP contribution is 2.37. The SMILES string of the molecule is Cc1nn(C)c(C)c1/C=C1\C(=O)N(C)c2ccccc21. The van der Waals surface area contributed by atoms with Crippen molar-refractivity contribution in [2.75, 3.05) is 11.9 Å². The van der Waals surface area contributed by atoms with E-state index in [9.17, 15) is 4.79 Å². The Balaban J connectivity index is 2.20. The topological polar surface area (TPSA) is 38.1 Å². The quantitative estimate of drug-likeness (QED) is 0.745. The monoisotopic (exact) mass is 267 g/mol. The minimum absolute atomic E-state index is 0.0360. The van der Waals surface area contributed by atoms with Gasteiger partial charge in [0.25, 0.3) is 5.91 Å². The van der Waals surface area contributed by atoms with Crippen LogP contribution in [0.5, 0.6) is 0 Å². The summed E-state index contributed by atoms with van der Waals surface area (Å²) in [5.41, 5.74) is 5.72. The van der Waals surface area contributed by atoms with Crippen molar-refractivity contribution in [3.05, 3.63) is 46.8 Å². The second-order valence-electron chi connectivity index (χ2n) is 5.15. The van der Waals surface area contributed by atoms with Crippen molar-refractivity contribution in [3.63, 3.8) is 0 Å². The number of fused-ring (bicyclic) bond motifs is 1. The Morgan fingerprint density at radius 3 is 2.50 bits per heavy atom. The molecular formula is C16H17N3O. The van der Waals surface area contributed by atoms with Crippen LogP contribution in [0, 0.1) is 13.8 Å². The largest absolute Gasteiger partial charge is 0.311 e. The van der Waals surface area contributed by atoms with Crippen LogP contribution in [0.4, 0.5) is 5.69 Å². The van der Waals surface area contributed by atoms with Crippen molar-refractivity contribution in [2.45, 2.75) is 13.8 Å². The molecule has 2 heterocycles. The van der Waals surface area contributed by atoms with E-state index in [1.807, 2.05) is 63.0 Å². The molecule has 1 aliphatic heterocycles.